The predicted molar refractivity (Wildman–Crippen MR) is 134 cm³/mol. The van der Waals surface area contributed by atoms with Gasteiger partial charge in [-0.15, -0.1) is 0 Å². The number of hydrogen-bond donors (Lipinski definition) is 0. The molecule has 152 valence electrons. The molecule has 31 heavy (non-hydrogen) atoms. The highest BCUT2D eigenvalue weighted by atomic mass is 30.4. The first kappa shape index (κ1) is 27.9. The Balaban J connectivity index is 3.70. The zero-order chi connectivity index (χ0) is 23.9. The molecule has 0 heterocycles. The molecular weight excluding hydrogens is 537 g/mol. The lowest BCUT2D eigenvalue weighted by atomic mass is 10.1. The van der Waals surface area contributed by atoms with Crippen molar-refractivity contribution in [3.05, 3.63) is 23.3 Å². The third-order valence-corrected chi connectivity index (χ3v) is 81.6. The smallest absolute Gasteiger partial charge is 0.512 e. The fourth-order valence-corrected chi connectivity index (χ4v) is 93.5. The highest BCUT2D eigenvalue weighted by Crippen LogP contribution is 2.35. The van der Waals surface area contributed by atoms with Crippen molar-refractivity contribution >= 4 is 77.2 Å². The molecule has 0 spiro atoms. The average Bonchev–Trinajstić information content (AvgIpc) is 2.67. The molecule has 0 aromatic heterocycles. The van der Waals surface area contributed by atoms with Gasteiger partial charge in [-0.25, -0.2) is 0 Å². The Hall–Kier alpha value is -1.15. The van der Waals surface area contributed by atoms with Gasteiger partial charge in [0, 0.05) is 35.4 Å². The Morgan fingerprint density at radius 1 is 0.935 bits per heavy atom. The van der Waals surface area contributed by atoms with Crippen LogP contribution in [-0.4, -0.2) is 91.5 Å². The summed E-state index contributed by atoms with van der Waals surface area (Å²) in [5, 5.41) is 0. The van der Waals surface area contributed by atoms with Gasteiger partial charge in [0.1, 0.15) is 11.5 Å². The first-order valence-corrected chi connectivity index (χ1v) is 26.6. The van der Waals surface area contributed by atoms with E-state index in [1.165, 1.54) is 0 Å². The molecule has 0 saturated carbocycles. The first-order chi connectivity index (χ1) is 14.4. The van der Waals surface area contributed by atoms with Crippen LogP contribution in [0.1, 0.15) is 11.1 Å². The summed E-state index contributed by atoms with van der Waals surface area (Å²) in [7, 11) is 20.3. The van der Waals surface area contributed by atoms with E-state index in [4.69, 9.17) is 42.0 Å². The Morgan fingerprint density at radius 3 is 1.94 bits per heavy atom. The molecule has 16 radical (unpaired) electrons. The van der Waals surface area contributed by atoms with Crippen LogP contribution in [0.25, 0.3) is 0 Å². The van der Waals surface area contributed by atoms with E-state index in [0.717, 1.165) is 22.6 Å². The van der Waals surface area contributed by atoms with Gasteiger partial charge >= 0.3 is 8.80 Å². The topological polar surface area (TPSA) is 46.2 Å². The summed E-state index contributed by atoms with van der Waals surface area (Å²) in [5.74, 6) is 1.50. The Morgan fingerprint density at radius 2 is 1.52 bits per heavy atom. The number of ether oxygens (including phenoxy) is 2. The molecule has 1 atom stereocenters. The van der Waals surface area contributed by atoms with Gasteiger partial charge in [0.25, 0.3) is 0 Å². The van der Waals surface area contributed by atoms with Crippen LogP contribution in [0.15, 0.2) is 12.1 Å². The van der Waals surface area contributed by atoms with E-state index in [2.05, 4.69) is 67.1 Å². The van der Waals surface area contributed by atoms with Crippen molar-refractivity contribution in [1.29, 1.82) is 0 Å². The quantitative estimate of drug-likeness (QED) is 0.267. The largest absolute Gasteiger partial charge is 0.514 e. The number of benzene rings is 1. The Kier molecular flexibility index (Phi) is 10.5. The number of rotatable bonds is 11. The van der Waals surface area contributed by atoms with Crippen molar-refractivity contribution in [3.63, 3.8) is 0 Å². The zero-order valence-electron chi connectivity index (χ0n) is 17.3. The summed E-state index contributed by atoms with van der Waals surface area (Å²) in [4.78, 5) is 0. The van der Waals surface area contributed by atoms with Crippen LogP contribution in [-0.2, 0) is 19.7 Å². The van der Waals surface area contributed by atoms with E-state index in [1.807, 2.05) is 19.1 Å². The maximum absolute atomic E-state index is 5.78. The molecule has 0 aliphatic rings. The van der Waals surface area contributed by atoms with E-state index < -0.39 is 28.4 Å². The molecule has 5 nitrogen and oxygen atoms in total. The summed E-state index contributed by atoms with van der Waals surface area (Å²) in [6, 6.07) is 4.43. The van der Waals surface area contributed by atoms with E-state index in [-0.39, 0.29) is 0 Å². The van der Waals surface area contributed by atoms with Crippen LogP contribution in [0.4, 0.5) is 0 Å². The number of methoxy groups -OCH3 is 2. The van der Waals surface area contributed by atoms with E-state index in [1.54, 1.807) is 14.2 Å². The minimum absolute atomic E-state index is 0.579. The summed E-state index contributed by atoms with van der Waals surface area (Å²) in [6.07, 6.45) is 21.2. The molecule has 1 aromatic carbocycles. The lowest BCUT2D eigenvalue weighted by Gasteiger charge is -2.48. The molecule has 1 aromatic rings. The molecule has 1 unspecified atom stereocenters. The lowest BCUT2D eigenvalue weighted by Crippen LogP contribution is -2.88. The predicted octanol–water partition coefficient (Wildman–Crippen LogP) is -0.731. The molecule has 0 N–H and O–H groups in total. The van der Waals surface area contributed by atoms with Crippen LogP contribution in [0.2, 0.25) is 6.04 Å². The van der Waals surface area contributed by atoms with Gasteiger partial charge in [0.2, 0.25) is 6.87 Å². The van der Waals surface area contributed by atoms with Crippen LogP contribution < -0.4 is 9.47 Å². The third kappa shape index (κ3) is 6.01. The summed E-state index contributed by atoms with van der Waals surface area (Å²) in [5.41, 5.74) is 1.90. The fraction of sp³-hybridized carbons (Fsp3) is 0.294. The number of aryl methyl sites for hydroxylation is 2. The van der Waals surface area contributed by atoms with Gasteiger partial charge < -0.3 is 22.8 Å². The molecule has 0 aliphatic carbocycles. The van der Waals surface area contributed by atoms with Crippen molar-refractivity contribution in [2.45, 2.75) is 19.4 Å². The van der Waals surface area contributed by atoms with Gasteiger partial charge in [0.05, 0.1) is 52.1 Å². The molecule has 14 heteroatoms. The number of hydrogen-bond acceptors (Lipinski definition) is 5. The fourth-order valence-electron chi connectivity index (χ4n) is 3.23. The average molecular weight is 555 g/mol. The maximum atomic E-state index is 5.78. The van der Waals surface area contributed by atoms with Crippen LogP contribution >= 0.6 is 0 Å². The maximum Gasteiger partial charge on any atom is 0.512 e. The summed E-state index contributed by atoms with van der Waals surface area (Å²) >= 11 is 0. The second kappa shape index (κ2) is 11.6. The summed E-state index contributed by atoms with van der Waals surface area (Å²) in [6.45, 7) is -3.98. The normalized spacial score (nSPS) is 13.2. The highest BCUT2D eigenvalue weighted by molar-refractivity contribution is 8.11. The van der Waals surface area contributed by atoms with Crippen molar-refractivity contribution < 1.29 is 22.8 Å². The molecule has 0 saturated heterocycles. The zero-order valence-corrected chi connectivity index (χ0v) is 26.3. The van der Waals surface area contributed by atoms with Gasteiger partial charge in [-0.3, -0.25) is 0 Å². The summed E-state index contributed by atoms with van der Waals surface area (Å²) < 4.78 is 28.2. The van der Waals surface area contributed by atoms with Crippen LogP contribution in [0.3, 0.4) is 0 Å². The van der Waals surface area contributed by atoms with Gasteiger partial charge in [-0.1, -0.05) is 25.3 Å². The van der Waals surface area contributed by atoms with Crippen LogP contribution in [0, 0.1) is 44.5 Å². The van der Waals surface area contributed by atoms with E-state index >= 15 is 0 Å². The van der Waals surface area contributed by atoms with Crippen molar-refractivity contribution in [2.75, 3.05) is 14.2 Å². The van der Waals surface area contributed by atoms with Crippen LogP contribution in [0.5, 0.6) is 11.5 Å². The standard InChI is InChI=1S/C17H18O5Si9/c1-7-20-28(21-8-2)29(31(25,26)27,30(23,24)22-9-3)11-10-15-13-16(18-5)12-14(4)17(15)19-6/h1-3,12-13H,10-11H2,4-6H3. The van der Waals surface area contributed by atoms with E-state index in [0.29, 0.717) is 12.5 Å². The Labute approximate surface area is 205 Å². The molecular formula is C17H18O5Si9. The SMILES string of the molecule is C#CO[Si](OC#C)[Si](CCc1cc(OC)cc(C)c1OC)([Si]([Si])([Si])[Si])[Si]([Si])([Si])OC#C. The van der Waals surface area contributed by atoms with Crippen molar-refractivity contribution in [2.24, 2.45) is 0 Å². The Bertz CT molecular complexity index is 881. The number of terminal acetylenes is 3. The van der Waals surface area contributed by atoms with Crippen molar-refractivity contribution in [1.82, 2.24) is 0 Å². The molecule has 0 aliphatic heterocycles. The minimum Gasteiger partial charge on any atom is -0.514 e. The molecule has 0 fully saturated rings. The molecule has 1 rings (SSSR count). The highest BCUT2D eigenvalue weighted by Gasteiger charge is 2.69. The lowest BCUT2D eigenvalue weighted by molar-refractivity contribution is 0.395. The van der Waals surface area contributed by atoms with Gasteiger partial charge in [0.15, 0.2) is 6.63 Å². The monoisotopic (exact) mass is 554 g/mol. The second-order valence-electron chi connectivity index (χ2n) is 6.42. The van der Waals surface area contributed by atoms with Gasteiger partial charge in [-0.2, -0.15) is 0 Å². The molecule has 0 amide bonds. The second-order valence-corrected chi connectivity index (χ2v) is 55.0. The van der Waals surface area contributed by atoms with Gasteiger partial charge in [-0.05, 0) is 36.6 Å². The third-order valence-electron chi connectivity index (χ3n) is 4.64. The minimum atomic E-state index is -3.01. The van der Waals surface area contributed by atoms with E-state index in [9.17, 15) is 0 Å². The molecule has 0 bridgehead atoms. The first-order valence-electron chi connectivity index (χ1n) is 8.68. The van der Waals surface area contributed by atoms with Crippen molar-refractivity contribution in [3.8, 4) is 49.1 Å².